The molecule has 0 spiro atoms. The monoisotopic (exact) mass is 1900 g/mol. The number of ether oxygens (including phenoxy) is 3. The van der Waals surface area contributed by atoms with E-state index in [0.29, 0.717) is 6.79 Å². The van der Waals surface area contributed by atoms with Gasteiger partial charge in [0.25, 0.3) is 11.5 Å². The van der Waals surface area contributed by atoms with Crippen molar-refractivity contribution in [2.24, 2.45) is 7.05 Å². The number of nitrogens with one attached hydrogen (secondary N) is 4. The van der Waals surface area contributed by atoms with Crippen molar-refractivity contribution in [2.45, 2.75) is 247 Å². The lowest BCUT2D eigenvalue weighted by atomic mass is 10.0. The number of carbonyl (C=O) groups excluding carboxylic acids is 1. The molecule has 1 amide bonds. The number of aromatic amines is 4. The molecule has 4 N–H and O–H groups in total. The van der Waals surface area contributed by atoms with Gasteiger partial charge < -0.3 is 34.1 Å². The van der Waals surface area contributed by atoms with Crippen LogP contribution in [-0.2, 0) is 24.7 Å². The second-order valence-corrected chi connectivity index (χ2v) is 30.0. The smallest absolute Gasteiger partial charge is 0.326 e. The molecule has 4 aliphatic heterocycles. The van der Waals surface area contributed by atoms with Gasteiger partial charge in [0.15, 0.2) is 16.5 Å². The molecule has 1 unspecified atom stereocenters. The Hall–Kier alpha value is -13.2. The van der Waals surface area contributed by atoms with Crippen molar-refractivity contribution in [3.8, 4) is 17.2 Å². The third-order valence-electron chi connectivity index (χ3n) is 19.5. The summed E-state index contributed by atoms with van der Waals surface area (Å²) in [5.41, 5.74) is 23.8. The highest BCUT2D eigenvalue weighted by atomic mass is 32.1. The van der Waals surface area contributed by atoms with Gasteiger partial charge in [-0.3, -0.25) is 33.5 Å². The van der Waals surface area contributed by atoms with Crippen LogP contribution >= 0.6 is 22.7 Å². The Kier molecular flexibility index (Phi) is 63.5. The van der Waals surface area contributed by atoms with Crippen molar-refractivity contribution in [2.75, 3.05) is 19.9 Å². The predicted octanol–water partition coefficient (Wildman–Crippen LogP) is 32.6. The van der Waals surface area contributed by atoms with Gasteiger partial charge in [0.2, 0.25) is 6.79 Å². The van der Waals surface area contributed by atoms with Crippen LogP contribution in [-0.4, -0.2) is 84.7 Å². The SMILES string of the molecule is CC.CC.CC.CC.CC.CC.CC.CC.CC.CC.CC.CC1=CCN2C=CC=CN2C1=O.CC1CCc2ccccc21.Cc1c[nH]c2ccccc12.Cc1cc2ccccc2[nH]1.Cc1cc2ccccc2[nH]c1=O.Cc1ccc2c(c1)CCO2.Cc1ccc2c(c1)OCO2.Cc1ccc2cnccc2n1.Cc1ccc2ncsc2c1.Cc1cnc2sccn12.Cn1c(=O)[nH]c2ccccc21. The van der Waals surface area contributed by atoms with Gasteiger partial charge in [-0.2, -0.15) is 0 Å². The highest BCUT2D eigenvalue weighted by molar-refractivity contribution is 7.16. The Bertz CT molecular complexity index is 6260. The first kappa shape index (κ1) is 122. The first-order valence-electron chi connectivity index (χ1n) is 49.2. The van der Waals surface area contributed by atoms with Gasteiger partial charge in [-0.1, -0.05) is 286 Å². The van der Waals surface area contributed by atoms with Gasteiger partial charge in [0.1, 0.15) is 5.75 Å². The van der Waals surface area contributed by atoms with Gasteiger partial charge in [0, 0.05) is 118 Å². The lowest BCUT2D eigenvalue weighted by Gasteiger charge is -2.35. The Labute approximate surface area is 828 Å². The fourth-order valence-corrected chi connectivity index (χ4v) is 14.6. The lowest BCUT2D eigenvalue weighted by Crippen LogP contribution is -2.44. The summed E-state index contributed by atoms with van der Waals surface area (Å²) in [6.45, 7) is 66.4. The molecule has 17 aromatic rings. The molecule has 1 aliphatic carbocycles. The first-order valence-corrected chi connectivity index (χ1v) is 51.0. The average Bonchev–Trinajstić information content (AvgIpc) is 1.33. The molecule has 0 radical (unpaired) electrons. The van der Waals surface area contributed by atoms with Crippen LogP contribution in [0.4, 0.5) is 0 Å². The summed E-state index contributed by atoms with van der Waals surface area (Å²) in [6, 6.07) is 69.3. The molecule has 1 atom stereocenters. The van der Waals surface area contributed by atoms with Gasteiger partial charge in [-0.05, 0) is 228 Å². The molecule has 0 saturated heterocycles. The van der Waals surface area contributed by atoms with Crippen LogP contribution in [0.5, 0.6) is 17.2 Å². The van der Waals surface area contributed by atoms with E-state index >= 15 is 0 Å². The number of allylic oxidation sites excluding steroid dienone is 2. The summed E-state index contributed by atoms with van der Waals surface area (Å²) in [4.78, 5) is 63.4. The summed E-state index contributed by atoms with van der Waals surface area (Å²) in [5.74, 6) is 3.65. The largest absolute Gasteiger partial charge is 0.493 e. The molecular formula is C117H162N12O6S2. The number of H-pyrrole nitrogens is 4. The molecule has 18 nitrogen and oxygen atoms in total. The number of pyridine rings is 3. The van der Waals surface area contributed by atoms with E-state index in [0.717, 1.165) is 103 Å². The van der Waals surface area contributed by atoms with Gasteiger partial charge >= 0.3 is 5.69 Å². The molecule has 13 heterocycles. The maximum Gasteiger partial charge on any atom is 0.326 e. The van der Waals surface area contributed by atoms with E-state index in [4.69, 9.17) is 14.2 Å². The molecular weight excluding hydrogens is 1730 g/mol. The molecule has 5 aliphatic rings. The van der Waals surface area contributed by atoms with Crippen LogP contribution in [0.15, 0.2) is 294 Å². The number of amides is 1. The van der Waals surface area contributed by atoms with Crippen LogP contribution in [0, 0.1) is 55.4 Å². The van der Waals surface area contributed by atoms with Crippen molar-refractivity contribution in [3.05, 3.63) is 367 Å². The molecule has 8 aromatic carbocycles. The average molecular weight is 1900 g/mol. The van der Waals surface area contributed by atoms with Gasteiger partial charge in [0.05, 0.1) is 45.4 Å². The highest BCUT2D eigenvalue weighted by Gasteiger charge is 2.23. The zero-order valence-electron chi connectivity index (χ0n) is 88.7. The summed E-state index contributed by atoms with van der Waals surface area (Å²) in [5, 5.41) is 10.3. The van der Waals surface area contributed by atoms with Gasteiger partial charge in [-0.15, -0.1) is 22.7 Å². The van der Waals surface area contributed by atoms with Crippen molar-refractivity contribution in [1.82, 2.24) is 58.9 Å². The minimum Gasteiger partial charge on any atom is -0.493 e. The number of hydrogen-bond donors (Lipinski definition) is 4. The molecule has 22 rings (SSSR count). The van der Waals surface area contributed by atoms with E-state index in [9.17, 15) is 14.4 Å². The topological polar surface area (TPSA) is 209 Å². The number of hydrazine groups is 1. The fourth-order valence-electron chi connectivity index (χ4n) is 13.1. The first-order chi connectivity index (χ1) is 66.8. The number of nitrogens with zero attached hydrogens (tertiary/aromatic N) is 8. The molecule has 738 valence electrons. The standard InChI is InChI=1S/C10H9NO.C10H12.C9H10N2O.C9H8N2.2C9H9N.C9H10O.C8H8N2O.C8H7NS.C8H8O2.C6H6N2S.11C2H6/c1-7-6-8-4-2-3-5-9(8)11-10(7)12;1-8-6-7-9-4-2-3-5-10(8)9;1-8-4-7-10-5-2-3-6-11(10)9(8)12;1-7-2-3-8-6-10-5-4-9(8)11-7;1-7-6-10-9-5-3-2-4-8(7)9;1-7-6-8-4-2-3-5-9(8)10-7;1-7-2-3-9-8(6-7)4-5-10-9;1-10-7-5-3-2-4-6(7)9-8(10)11;2*1-6-2-3-7-8(4-6)10-5-9-7;1-5-4-7-6-8(5)2-3-9-6;11*1-2/h2-6H,1H3,(H,11,12);2-5,8H,6-7H2,1H3;2-6H,7H2,1H3;2-6H,1H3;2*2-6,10H,1H3;2-3,6H,4-5H2,1H3;2-5H,1H3,(H,9,11);2-5H,1H3;2-4H,5H2,1H3;2-4H,1H3;11*1-2H3. The van der Waals surface area contributed by atoms with Crippen LogP contribution in [0.25, 0.3) is 69.8 Å². The third-order valence-corrected chi connectivity index (χ3v) is 21.0. The molecule has 137 heavy (non-hydrogen) atoms. The quantitative estimate of drug-likeness (QED) is 0.112. The Balaban J connectivity index is 0.000000738. The van der Waals surface area contributed by atoms with E-state index in [1.54, 1.807) is 62.8 Å². The zero-order chi connectivity index (χ0) is 103. The molecule has 0 bridgehead atoms. The van der Waals surface area contributed by atoms with Crippen LogP contribution < -0.4 is 25.5 Å². The maximum absolute atomic E-state index is 11.5. The van der Waals surface area contributed by atoms with Crippen molar-refractivity contribution < 1.29 is 19.0 Å². The number of para-hydroxylation sites is 5. The minimum atomic E-state index is -0.0637. The van der Waals surface area contributed by atoms with E-state index < -0.39 is 0 Å². The number of carbonyl (C=O) groups is 1. The molecule has 0 saturated carbocycles. The fraction of sp³-hybridized carbons (Fsp3) is 0.342. The Morgan fingerprint density at radius 2 is 1.04 bits per heavy atom. The van der Waals surface area contributed by atoms with E-state index in [-0.39, 0.29) is 17.2 Å². The lowest BCUT2D eigenvalue weighted by molar-refractivity contribution is -0.135. The summed E-state index contributed by atoms with van der Waals surface area (Å²) >= 11 is 3.35. The summed E-state index contributed by atoms with van der Waals surface area (Å²) in [7, 11) is 1.75. The minimum absolute atomic E-state index is 0.00583. The number of benzene rings is 8. The number of hydrogen-bond acceptors (Lipinski definition) is 13. The maximum atomic E-state index is 11.5. The summed E-state index contributed by atoms with van der Waals surface area (Å²) < 4.78 is 20.6. The predicted molar refractivity (Wildman–Crippen MR) is 597 cm³/mol. The van der Waals surface area contributed by atoms with E-state index in [1.165, 1.54) is 78.6 Å². The molecule has 9 aromatic heterocycles. The number of aryl methyl sites for hydroxylation is 10. The van der Waals surface area contributed by atoms with E-state index in [2.05, 4.69) is 182 Å². The number of imidazole rings is 2. The Morgan fingerprint density at radius 3 is 1.69 bits per heavy atom. The van der Waals surface area contributed by atoms with Crippen molar-refractivity contribution >= 4 is 98.4 Å². The number of thiazole rings is 2. The van der Waals surface area contributed by atoms with Crippen LogP contribution in [0.2, 0.25) is 0 Å². The number of rotatable bonds is 0. The van der Waals surface area contributed by atoms with Crippen LogP contribution in [0.1, 0.15) is 240 Å². The zero-order valence-corrected chi connectivity index (χ0v) is 90.4. The highest BCUT2D eigenvalue weighted by Crippen LogP contribution is 2.33. The second-order valence-electron chi connectivity index (χ2n) is 28.3. The van der Waals surface area contributed by atoms with Gasteiger partial charge in [-0.25, -0.2) is 19.8 Å². The summed E-state index contributed by atoms with van der Waals surface area (Å²) in [6.07, 6.45) is 22.6. The molecule has 0 fully saturated rings. The number of fused-ring (bicyclic) bond motifs is 11. The van der Waals surface area contributed by atoms with Crippen molar-refractivity contribution in [3.63, 3.8) is 0 Å². The van der Waals surface area contributed by atoms with Crippen molar-refractivity contribution in [1.29, 1.82) is 0 Å². The van der Waals surface area contributed by atoms with E-state index in [1.807, 2.05) is 355 Å². The Morgan fingerprint density at radius 1 is 0.467 bits per heavy atom. The second kappa shape index (κ2) is 71.4. The molecule has 20 heteroatoms. The third kappa shape index (κ3) is 40.0. The normalized spacial score (nSPS) is 11.6. The number of aromatic nitrogens is 10. The van der Waals surface area contributed by atoms with Crippen LogP contribution in [0.3, 0.4) is 0 Å².